The molecular formula is C6H18N4O4S2. The van der Waals surface area contributed by atoms with Crippen LogP contribution in [-0.4, -0.2) is 45.7 Å². The lowest BCUT2D eigenvalue weighted by Crippen LogP contribution is -2.33. The second-order valence-electron chi connectivity index (χ2n) is 2.46. The van der Waals surface area contributed by atoms with Crippen LogP contribution in [0.15, 0.2) is 0 Å². The molecule has 0 saturated heterocycles. The summed E-state index contributed by atoms with van der Waals surface area (Å²) < 4.78 is 0. The largest absolute Gasteiger partial charge is 0.480 e. The number of aliphatic carboxylic acids is 2. The van der Waals surface area contributed by atoms with E-state index in [1.807, 2.05) is 0 Å². The van der Waals surface area contributed by atoms with Gasteiger partial charge in [-0.3, -0.25) is 9.59 Å². The number of nitrogens with two attached hydrogens (primary N) is 2. The van der Waals surface area contributed by atoms with E-state index in [1.54, 1.807) is 0 Å². The Morgan fingerprint density at radius 1 is 0.938 bits per heavy atom. The summed E-state index contributed by atoms with van der Waals surface area (Å²) in [7, 11) is 2.41. The maximum Gasteiger partial charge on any atom is 0.321 e. The van der Waals surface area contributed by atoms with E-state index in [0.29, 0.717) is 0 Å². The average Bonchev–Trinajstić information content (AvgIpc) is 2.11. The molecule has 1 unspecified atom stereocenters. The van der Waals surface area contributed by atoms with Gasteiger partial charge in [0.15, 0.2) is 0 Å². The SMILES string of the molecule is N.N.NC(CSSC[C@H](N)C(=O)O)C(=O)O. The Morgan fingerprint density at radius 3 is 1.38 bits per heavy atom. The molecule has 0 aromatic carbocycles. The first-order chi connectivity index (χ1) is 6.45. The Hall–Kier alpha value is -0.520. The van der Waals surface area contributed by atoms with Crippen LogP contribution in [0.4, 0.5) is 0 Å². The van der Waals surface area contributed by atoms with Crippen LogP contribution in [0.25, 0.3) is 0 Å². The van der Waals surface area contributed by atoms with Crippen molar-refractivity contribution in [2.75, 3.05) is 11.5 Å². The zero-order valence-corrected chi connectivity index (χ0v) is 10.3. The van der Waals surface area contributed by atoms with Gasteiger partial charge in [0.25, 0.3) is 0 Å². The minimum absolute atomic E-state index is 0. The molecule has 10 heteroatoms. The van der Waals surface area contributed by atoms with Gasteiger partial charge in [-0.05, 0) is 0 Å². The van der Waals surface area contributed by atoms with Crippen molar-refractivity contribution in [2.45, 2.75) is 12.1 Å². The van der Waals surface area contributed by atoms with Gasteiger partial charge in [-0.15, -0.1) is 0 Å². The van der Waals surface area contributed by atoms with Crippen LogP contribution < -0.4 is 23.8 Å². The smallest absolute Gasteiger partial charge is 0.321 e. The second kappa shape index (κ2) is 11.0. The number of carboxylic acid groups (broad SMARTS) is 2. The molecule has 0 aromatic heterocycles. The van der Waals surface area contributed by atoms with E-state index < -0.39 is 24.0 Å². The van der Waals surface area contributed by atoms with E-state index in [-0.39, 0.29) is 23.8 Å². The molecule has 0 amide bonds. The lowest BCUT2D eigenvalue weighted by molar-refractivity contribution is -0.138. The summed E-state index contributed by atoms with van der Waals surface area (Å²) in [6.45, 7) is 0. The molecule has 0 aliphatic heterocycles. The van der Waals surface area contributed by atoms with Gasteiger partial charge in [-0.1, -0.05) is 21.6 Å². The molecule has 0 saturated carbocycles. The molecule has 8 nitrogen and oxygen atoms in total. The maximum absolute atomic E-state index is 10.3. The number of carboxylic acids is 2. The van der Waals surface area contributed by atoms with Crippen molar-refractivity contribution in [1.82, 2.24) is 12.3 Å². The molecule has 2 atom stereocenters. The molecule has 16 heavy (non-hydrogen) atoms. The second-order valence-corrected chi connectivity index (χ2v) is 5.01. The van der Waals surface area contributed by atoms with Gasteiger partial charge in [-0.2, -0.15) is 0 Å². The Bertz CT molecular complexity index is 197. The van der Waals surface area contributed by atoms with Crippen molar-refractivity contribution in [2.24, 2.45) is 11.5 Å². The van der Waals surface area contributed by atoms with Gasteiger partial charge in [0.2, 0.25) is 0 Å². The number of rotatable bonds is 7. The normalized spacial score (nSPS) is 12.9. The standard InChI is InChI=1S/C6H12N2O4S2.2H3N/c7-3(5(9)10)1-13-14-2-4(8)6(11)12;;/h3-4H,1-2,7-8H2,(H,9,10)(H,11,12);2*1H3/t3-,4?;;/m0../s1. The van der Waals surface area contributed by atoms with Crippen LogP contribution in [0.5, 0.6) is 0 Å². The van der Waals surface area contributed by atoms with Gasteiger partial charge in [-0.25, -0.2) is 0 Å². The third-order valence-electron chi connectivity index (χ3n) is 1.21. The minimum Gasteiger partial charge on any atom is -0.480 e. The minimum atomic E-state index is -1.07. The van der Waals surface area contributed by atoms with E-state index in [1.165, 1.54) is 21.6 Å². The van der Waals surface area contributed by atoms with Gasteiger partial charge in [0, 0.05) is 11.5 Å². The molecule has 0 bridgehead atoms. The molecule has 0 rings (SSSR count). The molecule has 0 aliphatic rings. The van der Waals surface area contributed by atoms with Crippen molar-refractivity contribution in [3.63, 3.8) is 0 Å². The summed E-state index contributed by atoms with van der Waals surface area (Å²) in [6, 6.07) is -1.85. The summed E-state index contributed by atoms with van der Waals surface area (Å²) in [4.78, 5) is 20.5. The summed E-state index contributed by atoms with van der Waals surface area (Å²) in [6.07, 6.45) is 0. The molecule has 98 valence electrons. The first kappa shape index (κ1) is 20.8. The highest BCUT2D eigenvalue weighted by molar-refractivity contribution is 8.76. The zero-order chi connectivity index (χ0) is 11.1. The van der Waals surface area contributed by atoms with Gasteiger partial charge >= 0.3 is 11.9 Å². The highest BCUT2D eigenvalue weighted by atomic mass is 33.1. The first-order valence-corrected chi connectivity index (χ1v) is 6.15. The molecule has 0 fully saturated rings. The molecular weight excluding hydrogens is 256 g/mol. The predicted molar refractivity (Wildman–Crippen MR) is 66.2 cm³/mol. The van der Waals surface area contributed by atoms with Crippen LogP contribution in [0.2, 0.25) is 0 Å². The van der Waals surface area contributed by atoms with Crippen LogP contribution in [0, 0.1) is 0 Å². The Labute approximate surface area is 101 Å². The fraction of sp³-hybridized carbons (Fsp3) is 0.667. The van der Waals surface area contributed by atoms with E-state index in [0.717, 1.165) is 0 Å². The third kappa shape index (κ3) is 10.0. The van der Waals surface area contributed by atoms with Crippen LogP contribution >= 0.6 is 21.6 Å². The number of hydrogen-bond donors (Lipinski definition) is 6. The van der Waals surface area contributed by atoms with Crippen LogP contribution in [0.1, 0.15) is 0 Å². The Kier molecular flexibility index (Phi) is 14.3. The topological polar surface area (TPSA) is 197 Å². The summed E-state index contributed by atoms with van der Waals surface area (Å²) in [5.41, 5.74) is 10.4. The Morgan fingerprint density at radius 2 is 1.19 bits per heavy atom. The lowest BCUT2D eigenvalue weighted by atomic mass is 10.4. The molecule has 0 aliphatic carbocycles. The van der Waals surface area contributed by atoms with Gasteiger partial charge < -0.3 is 34.0 Å². The molecule has 0 aromatic rings. The highest BCUT2D eigenvalue weighted by Crippen LogP contribution is 2.22. The van der Waals surface area contributed by atoms with Crippen molar-refractivity contribution in [3.05, 3.63) is 0 Å². The predicted octanol–water partition coefficient (Wildman–Crippen LogP) is -0.484. The van der Waals surface area contributed by atoms with E-state index >= 15 is 0 Å². The third-order valence-corrected chi connectivity index (χ3v) is 3.69. The number of hydrogen-bond acceptors (Lipinski definition) is 8. The quantitative estimate of drug-likeness (QED) is 0.260. The van der Waals surface area contributed by atoms with Crippen molar-refractivity contribution >= 4 is 33.5 Å². The maximum atomic E-state index is 10.3. The molecule has 0 spiro atoms. The summed E-state index contributed by atoms with van der Waals surface area (Å²) >= 11 is 0. The highest BCUT2D eigenvalue weighted by Gasteiger charge is 2.14. The van der Waals surface area contributed by atoms with Crippen molar-refractivity contribution < 1.29 is 19.8 Å². The fourth-order valence-corrected chi connectivity index (χ4v) is 2.61. The van der Waals surface area contributed by atoms with E-state index in [2.05, 4.69) is 0 Å². The molecule has 12 N–H and O–H groups in total. The summed E-state index contributed by atoms with van der Waals surface area (Å²) in [5.74, 6) is -1.68. The molecule has 0 radical (unpaired) electrons. The van der Waals surface area contributed by atoms with Crippen LogP contribution in [0.3, 0.4) is 0 Å². The Balaban J connectivity index is -0.000000845. The summed E-state index contributed by atoms with van der Waals surface area (Å²) in [5, 5.41) is 16.8. The number of carbonyl (C=O) groups is 2. The molecule has 0 heterocycles. The lowest BCUT2D eigenvalue weighted by Gasteiger charge is -2.07. The van der Waals surface area contributed by atoms with E-state index in [9.17, 15) is 9.59 Å². The van der Waals surface area contributed by atoms with Gasteiger partial charge in [0.05, 0.1) is 0 Å². The first-order valence-electron chi connectivity index (χ1n) is 3.66. The van der Waals surface area contributed by atoms with Crippen molar-refractivity contribution in [3.8, 4) is 0 Å². The van der Waals surface area contributed by atoms with Crippen LogP contribution in [-0.2, 0) is 9.59 Å². The fourth-order valence-electron chi connectivity index (χ4n) is 0.385. The average molecular weight is 274 g/mol. The monoisotopic (exact) mass is 274 g/mol. The van der Waals surface area contributed by atoms with E-state index in [4.69, 9.17) is 21.7 Å². The van der Waals surface area contributed by atoms with Gasteiger partial charge in [0.1, 0.15) is 12.1 Å². The van der Waals surface area contributed by atoms with Crippen molar-refractivity contribution in [1.29, 1.82) is 0 Å². The zero-order valence-electron chi connectivity index (χ0n) is 8.67.